The first kappa shape index (κ1) is 25.9. The average molecular weight is 521 g/mol. The Hall–Kier alpha value is -4.78. The monoisotopic (exact) mass is 520 g/mol. The van der Waals surface area contributed by atoms with Crippen molar-refractivity contribution in [2.45, 2.75) is 18.9 Å². The predicted octanol–water partition coefficient (Wildman–Crippen LogP) is 6.40. The lowest BCUT2D eigenvalue weighted by molar-refractivity contribution is -0.130. The highest BCUT2D eigenvalue weighted by Gasteiger charge is 2.28. The van der Waals surface area contributed by atoms with Crippen LogP contribution in [-0.4, -0.2) is 43.0 Å². The Labute approximate surface area is 229 Å². The first-order valence-electron chi connectivity index (χ1n) is 13.1. The lowest BCUT2D eigenvalue weighted by Crippen LogP contribution is -2.39. The highest BCUT2D eigenvalue weighted by atomic mass is 16.5. The van der Waals surface area contributed by atoms with Crippen LogP contribution in [0, 0.1) is 0 Å². The summed E-state index contributed by atoms with van der Waals surface area (Å²) in [6.45, 7) is 1.67. The van der Waals surface area contributed by atoms with Gasteiger partial charge in [-0.25, -0.2) is 4.79 Å². The van der Waals surface area contributed by atoms with Gasteiger partial charge in [0.25, 0.3) is 0 Å². The minimum atomic E-state index is -0.320. The van der Waals surface area contributed by atoms with Crippen LogP contribution in [0.5, 0.6) is 11.5 Å². The molecule has 4 aromatic carbocycles. The minimum Gasteiger partial charge on any atom is -0.457 e. The van der Waals surface area contributed by atoms with Crippen molar-refractivity contribution in [3.8, 4) is 11.5 Å². The van der Waals surface area contributed by atoms with Gasteiger partial charge in [-0.05, 0) is 72.6 Å². The number of urea groups is 1. The third-order valence-electron chi connectivity index (χ3n) is 6.88. The molecule has 0 radical (unpaired) electrons. The van der Waals surface area contributed by atoms with Gasteiger partial charge in [-0.2, -0.15) is 0 Å². The van der Waals surface area contributed by atoms with E-state index in [0.29, 0.717) is 23.5 Å². The Kier molecular flexibility index (Phi) is 8.07. The van der Waals surface area contributed by atoms with Crippen LogP contribution < -0.4 is 20.3 Å². The largest absolute Gasteiger partial charge is 0.457 e. The molecule has 1 atom stereocenters. The van der Waals surface area contributed by atoms with Crippen molar-refractivity contribution in [3.05, 3.63) is 115 Å². The quantitative estimate of drug-likeness (QED) is 0.282. The molecule has 0 aromatic heterocycles. The second kappa shape index (κ2) is 12.2. The standard InChI is InChI=1S/C32H32N4O3/c1-35(31(37)22-24-8-4-2-5-9-24)28-20-21-36(23-28)27-16-12-25(13-17-27)33-32(38)34-26-14-18-30(19-15-26)39-29-10-6-3-7-11-29/h2-19,28H,20-23H2,1H3,(H2,33,34,38). The van der Waals surface area contributed by atoms with Crippen LogP contribution in [0.4, 0.5) is 21.9 Å². The molecule has 7 nitrogen and oxygen atoms in total. The molecule has 3 amide bonds. The molecule has 2 N–H and O–H groups in total. The van der Waals surface area contributed by atoms with Crippen LogP contribution in [0.1, 0.15) is 12.0 Å². The van der Waals surface area contributed by atoms with E-state index in [1.807, 2.05) is 109 Å². The van der Waals surface area contributed by atoms with Crippen LogP contribution in [0.25, 0.3) is 0 Å². The van der Waals surface area contributed by atoms with Gasteiger partial charge in [0.2, 0.25) is 5.91 Å². The van der Waals surface area contributed by atoms with Gasteiger partial charge in [0, 0.05) is 37.2 Å². The molecule has 39 heavy (non-hydrogen) atoms. The Bertz CT molecular complexity index is 1380. The van der Waals surface area contributed by atoms with Gasteiger partial charge in [0.05, 0.1) is 12.5 Å². The van der Waals surface area contributed by atoms with Crippen molar-refractivity contribution in [3.63, 3.8) is 0 Å². The number of carbonyl (C=O) groups excluding carboxylic acids is 2. The summed E-state index contributed by atoms with van der Waals surface area (Å²) in [5.74, 6) is 1.59. The number of nitrogens with zero attached hydrogens (tertiary/aromatic N) is 2. The molecule has 0 spiro atoms. The predicted molar refractivity (Wildman–Crippen MR) is 156 cm³/mol. The fourth-order valence-corrected chi connectivity index (χ4v) is 4.67. The number of carbonyl (C=O) groups is 2. The molecule has 0 saturated carbocycles. The number of ether oxygens (including phenoxy) is 1. The normalized spacial score (nSPS) is 14.5. The van der Waals surface area contributed by atoms with Crippen molar-refractivity contribution in [2.24, 2.45) is 0 Å². The van der Waals surface area contributed by atoms with Crippen molar-refractivity contribution >= 4 is 29.0 Å². The zero-order valence-electron chi connectivity index (χ0n) is 21.9. The second-order valence-corrected chi connectivity index (χ2v) is 9.62. The fraction of sp³-hybridized carbons (Fsp3) is 0.188. The molecule has 1 aliphatic heterocycles. The zero-order chi connectivity index (χ0) is 27.0. The summed E-state index contributed by atoms with van der Waals surface area (Å²) in [6, 6.07) is 34.3. The molecule has 1 fully saturated rings. The van der Waals surface area contributed by atoms with Gasteiger partial charge < -0.3 is 25.2 Å². The summed E-state index contributed by atoms with van der Waals surface area (Å²) in [4.78, 5) is 29.4. The molecular formula is C32H32N4O3. The Balaban J connectivity index is 1.09. The van der Waals surface area contributed by atoms with Gasteiger partial charge in [0.1, 0.15) is 11.5 Å². The molecule has 5 rings (SSSR count). The number of amides is 3. The Morgan fingerprint density at radius 1 is 0.795 bits per heavy atom. The molecule has 198 valence electrons. The molecule has 7 heteroatoms. The minimum absolute atomic E-state index is 0.136. The van der Waals surface area contributed by atoms with E-state index in [-0.39, 0.29) is 18.0 Å². The third-order valence-corrected chi connectivity index (χ3v) is 6.88. The first-order valence-corrected chi connectivity index (χ1v) is 13.1. The highest BCUT2D eigenvalue weighted by Crippen LogP contribution is 2.25. The number of likely N-dealkylation sites (N-methyl/N-ethyl adjacent to an activating group) is 1. The van der Waals surface area contributed by atoms with E-state index in [9.17, 15) is 9.59 Å². The van der Waals surface area contributed by atoms with Crippen LogP contribution >= 0.6 is 0 Å². The van der Waals surface area contributed by atoms with E-state index in [0.717, 1.165) is 36.5 Å². The number of para-hydroxylation sites is 1. The van der Waals surface area contributed by atoms with Gasteiger partial charge in [0.15, 0.2) is 0 Å². The second-order valence-electron chi connectivity index (χ2n) is 9.62. The molecule has 1 aliphatic rings. The molecule has 4 aromatic rings. The van der Waals surface area contributed by atoms with E-state index in [1.54, 1.807) is 12.1 Å². The average Bonchev–Trinajstić information content (AvgIpc) is 3.45. The van der Waals surface area contributed by atoms with Gasteiger partial charge in [-0.15, -0.1) is 0 Å². The maximum atomic E-state index is 12.8. The smallest absolute Gasteiger partial charge is 0.323 e. The zero-order valence-corrected chi connectivity index (χ0v) is 21.9. The van der Waals surface area contributed by atoms with Gasteiger partial charge >= 0.3 is 6.03 Å². The van der Waals surface area contributed by atoms with E-state index >= 15 is 0 Å². The summed E-state index contributed by atoms with van der Waals surface area (Å²) in [5.41, 5.74) is 3.47. The number of hydrogen-bond acceptors (Lipinski definition) is 4. The van der Waals surface area contributed by atoms with Gasteiger partial charge in [-0.1, -0.05) is 48.5 Å². The summed E-state index contributed by atoms with van der Waals surface area (Å²) in [5, 5.41) is 5.72. The van der Waals surface area contributed by atoms with Crippen LogP contribution in [0.15, 0.2) is 109 Å². The number of anilines is 3. The Morgan fingerprint density at radius 3 is 2.00 bits per heavy atom. The molecule has 1 unspecified atom stereocenters. The number of rotatable bonds is 8. The SMILES string of the molecule is CN(C(=O)Cc1ccccc1)C1CCN(c2ccc(NC(=O)Nc3ccc(Oc4ccccc4)cc3)cc2)C1. The lowest BCUT2D eigenvalue weighted by Gasteiger charge is -2.26. The van der Waals surface area contributed by atoms with Crippen LogP contribution in [-0.2, 0) is 11.2 Å². The van der Waals surface area contributed by atoms with Crippen molar-refractivity contribution < 1.29 is 14.3 Å². The Morgan fingerprint density at radius 2 is 1.36 bits per heavy atom. The van der Waals surface area contributed by atoms with Crippen molar-refractivity contribution in [1.29, 1.82) is 0 Å². The molecule has 1 heterocycles. The molecule has 1 saturated heterocycles. The molecular weight excluding hydrogens is 488 g/mol. The van der Waals surface area contributed by atoms with Crippen LogP contribution in [0.2, 0.25) is 0 Å². The van der Waals surface area contributed by atoms with E-state index in [2.05, 4.69) is 15.5 Å². The maximum Gasteiger partial charge on any atom is 0.323 e. The summed E-state index contributed by atoms with van der Waals surface area (Å²) in [7, 11) is 1.90. The van der Waals surface area contributed by atoms with Crippen molar-refractivity contribution in [1.82, 2.24) is 4.90 Å². The molecule has 0 aliphatic carbocycles. The summed E-state index contributed by atoms with van der Waals surface area (Å²) < 4.78 is 5.79. The topological polar surface area (TPSA) is 73.9 Å². The van der Waals surface area contributed by atoms with E-state index in [1.165, 1.54) is 0 Å². The number of hydrogen-bond donors (Lipinski definition) is 2. The summed E-state index contributed by atoms with van der Waals surface area (Å²) >= 11 is 0. The lowest BCUT2D eigenvalue weighted by atomic mass is 10.1. The third kappa shape index (κ3) is 6.96. The van der Waals surface area contributed by atoms with Gasteiger partial charge in [-0.3, -0.25) is 4.79 Å². The molecule has 0 bridgehead atoms. The van der Waals surface area contributed by atoms with Crippen molar-refractivity contribution in [2.75, 3.05) is 35.7 Å². The first-order chi connectivity index (χ1) is 19.0. The fourth-order valence-electron chi connectivity index (χ4n) is 4.67. The summed E-state index contributed by atoms with van der Waals surface area (Å²) in [6.07, 6.45) is 1.34. The maximum absolute atomic E-state index is 12.8. The van der Waals surface area contributed by atoms with E-state index in [4.69, 9.17) is 4.74 Å². The van der Waals surface area contributed by atoms with Crippen LogP contribution in [0.3, 0.4) is 0 Å². The van der Waals surface area contributed by atoms with E-state index < -0.39 is 0 Å². The number of nitrogens with one attached hydrogen (secondary N) is 2. The number of benzene rings is 4. The highest BCUT2D eigenvalue weighted by molar-refractivity contribution is 5.99.